The van der Waals surface area contributed by atoms with Crippen LogP contribution in [-0.2, 0) is 4.79 Å². The molecule has 0 aliphatic carbocycles. The number of hydrogen-bond acceptors (Lipinski definition) is 4. The largest absolute Gasteiger partial charge is 0.506 e. The van der Waals surface area contributed by atoms with E-state index in [0.717, 1.165) is 5.56 Å². The number of aryl methyl sites for hydroxylation is 1. The second-order valence-electron chi connectivity index (χ2n) is 4.67. The van der Waals surface area contributed by atoms with Crippen LogP contribution in [0.5, 0.6) is 11.5 Å². The summed E-state index contributed by atoms with van der Waals surface area (Å²) in [6.07, 6.45) is 1.25. The van der Waals surface area contributed by atoms with Gasteiger partial charge in [0.2, 0.25) is 0 Å². The zero-order chi connectivity index (χ0) is 16.8. The van der Waals surface area contributed by atoms with Crippen LogP contribution in [0.2, 0.25) is 10.0 Å². The number of amides is 1. The standard InChI is InChI=1S/C16H14Cl2N2O3/c1-10-4-2-3-5-14(10)23-9-15(21)20-19-8-11-6-12(17)7-13(18)16(11)22/h2-8,22H,9H2,1H3,(H,20,21)/b19-8-. The maximum atomic E-state index is 11.7. The van der Waals surface area contributed by atoms with Crippen LogP contribution in [0.25, 0.3) is 0 Å². The predicted octanol–water partition coefficient (Wildman–Crippen LogP) is 3.54. The number of aromatic hydroxyl groups is 1. The number of benzene rings is 2. The van der Waals surface area contributed by atoms with Crippen molar-refractivity contribution in [2.24, 2.45) is 5.10 Å². The van der Waals surface area contributed by atoms with Crippen molar-refractivity contribution < 1.29 is 14.6 Å². The fraction of sp³-hybridized carbons (Fsp3) is 0.125. The van der Waals surface area contributed by atoms with Crippen LogP contribution in [0.3, 0.4) is 0 Å². The topological polar surface area (TPSA) is 70.9 Å². The Balaban J connectivity index is 1.91. The highest BCUT2D eigenvalue weighted by atomic mass is 35.5. The number of ether oxygens (including phenoxy) is 1. The van der Waals surface area contributed by atoms with E-state index < -0.39 is 5.91 Å². The van der Waals surface area contributed by atoms with Gasteiger partial charge in [-0.1, -0.05) is 41.4 Å². The van der Waals surface area contributed by atoms with Gasteiger partial charge in [-0.2, -0.15) is 5.10 Å². The van der Waals surface area contributed by atoms with Crippen LogP contribution >= 0.6 is 23.2 Å². The van der Waals surface area contributed by atoms with Gasteiger partial charge in [0.15, 0.2) is 6.61 Å². The van der Waals surface area contributed by atoms with E-state index in [1.54, 1.807) is 6.07 Å². The average Bonchev–Trinajstić information content (AvgIpc) is 2.51. The second kappa shape index (κ2) is 7.85. The van der Waals surface area contributed by atoms with E-state index >= 15 is 0 Å². The Morgan fingerprint density at radius 2 is 2.09 bits per heavy atom. The number of rotatable bonds is 5. The average molecular weight is 353 g/mol. The highest BCUT2D eigenvalue weighted by molar-refractivity contribution is 6.36. The Morgan fingerprint density at radius 3 is 2.83 bits per heavy atom. The lowest BCUT2D eigenvalue weighted by molar-refractivity contribution is -0.123. The van der Waals surface area contributed by atoms with E-state index in [1.807, 2.05) is 25.1 Å². The number of carbonyl (C=O) groups excluding carboxylic acids is 1. The van der Waals surface area contributed by atoms with Crippen LogP contribution in [0, 0.1) is 6.92 Å². The molecule has 7 heteroatoms. The van der Waals surface area contributed by atoms with E-state index in [-0.39, 0.29) is 17.4 Å². The van der Waals surface area contributed by atoms with Crippen molar-refractivity contribution in [1.82, 2.24) is 5.43 Å². The molecule has 23 heavy (non-hydrogen) atoms. The highest BCUT2D eigenvalue weighted by Crippen LogP contribution is 2.29. The molecule has 0 radical (unpaired) electrons. The van der Waals surface area contributed by atoms with E-state index in [2.05, 4.69) is 10.5 Å². The lowest BCUT2D eigenvalue weighted by Crippen LogP contribution is -2.24. The molecule has 0 unspecified atom stereocenters. The summed E-state index contributed by atoms with van der Waals surface area (Å²) in [7, 11) is 0. The van der Waals surface area contributed by atoms with Crippen molar-refractivity contribution >= 4 is 35.3 Å². The molecule has 0 fully saturated rings. The van der Waals surface area contributed by atoms with Gasteiger partial charge in [0.1, 0.15) is 11.5 Å². The van der Waals surface area contributed by atoms with Gasteiger partial charge in [-0.25, -0.2) is 5.43 Å². The third-order valence-electron chi connectivity index (χ3n) is 2.90. The Bertz CT molecular complexity index is 748. The molecule has 0 bridgehead atoms. The number of hydrogen-bond donors (Lipinski definition) is 2. The molecule has 0 heterocycles. The van der Waals surface area contributed by atoms with Gasteiger partial charge in [-0.3, -0.25) is 4.79 Å². The van der Waals surface area contributed by atoms with Crippen molar-refractivity contribution in [2.75, 3.05) is 6.61 Å². The van der Waals surface area contributed by atoms with Gasteiger partial charge in [0, 0.05) is 10.6 Å². The summed E-state index contributed by atoms with van der Waals surface area (Å²) in [6, 6.07) is 10.3. The molecule has 1 amide bonds. The Labute approximate surface area is 143 Å². The lowest BCUT2D eigenvalue weighted by Gasteiger charge is -2.07. The van der Waals surface area contributed by atoms with Crippen molar-refractivity contribution in [3.05, 3.63) is 57.6 Å². The van der Waals surface area contributed by atoms with Crippen LogP contribution in [0.4, 0.5) is 0 Å². The molecule has 2 aromatic rings. The number of carbonyl (C=O) groups is 1. The number of hydrazone groups is 1. The molecule has 0 aromatic heterocycles. The van der Waals surface area contributed by atoms with Crippen molar-refractivity contribution in [1.29, 1.82) is 0 Å². The summed E-state index contributed by atoms with van der Waals surface area (Å²) >= 11 is 11.6. The molecule has 0 spiro atoms. The minimum atomic E-state index is -0.433. The minimum Gasteiger partial charge on any atom is -0.506 e. The monoisotopic (exact) mass is 352 g/mol. The Hall–Kier alpha value is -2.24. The molecule has 2 rings (SSSR count). The van der Waals surface area contributed by atoms with Gasteiger partial charge in [0.25, 0.3) is 5.91 Å². The van der Waals surface area contributed by atoms with E-state index in [9.17, 15) is 9.90 Å². The number of halogens is 2. The maximum absolute atomic E-state index is 11.7. The van der Waals surface area contributed by atoms with Gasteiger partial charge in [-0.15, -0.1) is 0 Å². The molecule has 120 valence electrons. The maximum Gasteiger partial charge on any atom is 0.277 e. The first-order valence-electron chi connectivity index (χ1n) is 6.65. The van der Waals surface area contributed by atoms with Crippen molar-refractivity contribution in [3.8, 4) is 11.5 Å². The first kappa shape index (κ1) is 17.1. The Morgan fingerprint density at radius 1 is 1.35 bits per heavy atom. The number of phenols is 1. The summed E-state index contributed by atoms with van der Waals surface area (Å²) < 4.78 is 5.39. The van der Waals surface area contributed by atoms with E-state index in [4.69, 9.17) is 27.9 Å². The van der Waals surface area contributed by atoms with Gasteiger partial charge >= 0.3 is 0 Å². The summed E-state index contributed by atoms with van der Waals surface area (Å²) in [4.78, 5) is 11.7. The van der Waals surface area contributed by atoms with Gasteiger partial charge in [-0.05, 0) is 30.7 Å². The number of para-hydroxylation sites is 1. The summed E-state index contributed by atoms with van der Waals surface area (Å²) in [5, 5.41) is 13.9. The first-order chi connectivity index (χ1) is 11.0. The van der Waals surface area contributed by atoms with Crippen LogP contribution in [0.1, 0.15) is 11.1 Å². The third-order valence-corrected chi connectivity index (χ3v) is 3.41. The number of nitrogens with one attached hydrogen (secondary N) is 1. The highest BCUT2D eigenvalue weighted by Gasteiger charge is 2.07. The van der Waals surface area contributed by atoms with E-state index in [1.165, 1.54) is 18.3 Å². The quantitative estimate of drug-likeness (QED) is 0.638. The minimum absolute atomic E-state index is 0.105. The molecule has 0 saturated heterocycles. The van der Waals surface area contributed by atoms with Gasteiger partial charge in [0.05, 0.1) is 11.2 Å². The smallest absolute Gasteiger partial charge is 0.277 e. The molecular weight excluding hydrogens is 339 g/mol. The molecule has 2 N–H and O–H groups in total. The van der Waals surface area contributed by atoms with Crippen LogP contribution < -0.4 is 10.2 Å². The molecule has 0 atom stereocenters. The van der Waals surface area contributed by atoms with Crippen LogP contribution in [-0.4, -0.2) is 23.8 Å². The second-order valence-corrected chi connectivity index (χ2v) is 5.52. The molecule has 5 nitrogen and oxygen atoms in total. The lowest BCUT2D eigenvalue weighted by atomic mass is 10.2. The predicted molar refractivity (Wildman–Crippen MR) is 90.5 cm³/mol. The fourth-order valence-electron chi connectivity index (χ4n) is 1.75. The molecule has 0 saturated carbocycles. The fourth-order valence-corrected chi connectivity index (χ4v) is 2.26. The first-order valence-corrected chi connectivity index (χ1v) is 7.41. The van der Waals surface area contributed by atoms with Crippen LogP contribution in [0.15, 0.2) is 41.5 Å². The molecular formula is C16H14Cl2N2O3. The van der Waals surface area contributed by atoms with Crippen molar-refractivity contribution in [2.45, 2.75) is 6.92 Å². The Kier molecular flexibility index (Phi) is 5.84. The molecule has 2 aromatic carbocycles. The van der Waals surface area contributed by atoms with Crippen molar-refractivity contribution in [3.63, 3.8) is 0 Å². The summed E-state index contributed by atoms with van der Waals surface area (Å²) in [5.74, 6) is 0.0354. The zero-order valence-corrected chi connectivity index (χ0v) is 13.7. The molecule has 0 aliphatic rings. The molecule has 0 aliphatic heterocycles. The third kappa shape index (κ3) is 4.87. The zero-order valence-electron chi connectivity index (χ0n) is 12.2. The number of phenolic OH excluding ortho intramolecular Hbond substituents is 1. The van der Waals surface area contributed by atoms with Gasteiger partial charge < -0.3 is 9.84 Å². The normalized spacial score (nSPS) is 10.7. The summed E-state index contributed by atoms with van der Waals surface area (Å²) in [6.45, 7) is 1.71. The van der Waals surface area contributed by atoms with E-state index in [0.29, 0.717) is 16.3 Å². The SMILES string of the molecule is Cc1ccccc1OCC(=O)N/N=C\c1cc(Cl)cc(Cl)c1O. The number of nitrogens with zero attached hydrogens (tertiary/aromatic N) is 1. The summed E-state index contributed by atoms with van der Waals surface area (Å²) in [5.41, 5.74) is 3.52.